The molecule has 0 bridgehead atoms. The number of nitrogens with two attached hydrogens (primary N) is 1. The molecule has 1 saturated carbocycles. The molecule has 0 aliphatic heterocycles. The fourth-order valence-corrected chi connectivity index (χ4v) is 2.92. The molecule has 1 aliphatic rings. The summed E-state index contributed by atoms with van der Waals surface area (Å²) >= 11 is 1.79. The molecule has 0 saturated heterocycles. The maximum Gasteiger partial charge on any atom is 0.0245 e. The summed E-state index contributed by atoms with van der Waals surface area (Å²) in [5.74, 6) is 0. The van der Waals surface area contributed by atoms with Crippen LogP contribution in [0.4, 0.5) is 0 Å². The second-order valence-corrected chi connectivity index (χ2v) is 5.97. The van der Waals surface area contributed by atoms with Crippen LogP contribution in [0.2, 0.25) is 0 Å². The number of rotatable bonds is 8. The lowest BCUT2D eigenvalue weighted by Gasteiger charge is -2.25. The molecule has 17 heavy (non-hydrogen) atoms. The van der Waals surface area contributed by atoms with Crippen molar-refractivity contribution in [3.8, 4) is 0 Å². The molecule has 1 aromatic heterocycles. The summed E-state index contributed by atoms with van der Waals surface area (Å²) < 4.78 is 0. The van der Waals surface area contributed by atoms with E-state index in [1.165, 1.54) is 37.7 Å². The van der Waals surface area contributed by atoms with E-state index in [-0.39, 0.29) is 0 Å². The minimum Gasteiger partial charge on any atom is -0.327 e. The molecule has 0 radical (unpaired) electrons. The van der Waals surface area contributed by atoms with Crippen molar-refractivity contribution < 1.29 is 0 Å². The van der Waals surface area contributed by atoms with Gasteiger partial charge in [-0.2, -0.15) is 11.3 Å². The topological polar surface area (TPSA) is 29.3 Å². The van der Waals surface area contributed by atoms with Crippen LogP contribution in [0.15, 0.2) is 16.8 Å². The molecule has 96 valence electrons. The van der Waals surface area contributed by atoms with Crippen LogP contribution in [0.1, 0.15) is 44.6 Å². The van der Waals surface area contributed by atoms with Gasteiger partial charge in [0, 0.05) is 25.2 Å². The third-order valence-corrected chi connectivity index (χ3v) is 4.16. The molecule has 3 heteroatoms. The van der Waals surface area contributed by atoms with E-state index in [2.05, 4.69) is 28.7 Å². The van der Waals surface area contributed by atoms with Crippen LogP contribution in [0, 0.1) is 0 Å². The zero-order chi connectivity index (χ0) is 12.1. The second kappa shape index (κ2) is 6.53. The van der Waals surface area contributed by atoms with Gasteiger partial charge in [-0.3, -0.25) is 4.90 Å². The molecule has 2 rings (SSSR count). The van der Waals surface area contributed by atoms with Crippen molar-refractivity contribution >= 4 is 11.3 Å². The van der Waals surface area contributed by atoms with Crippen molar-refractivity contribution in [3.05, 3.63) is 22.4 Å². The van der Waals surface area contributed by atoms with Gasteiger partial charge in [-0.15, -0.1) is 0 Å². The zero-order valence-corrected chi connectivity index (χ0v) is 11.6. The van der Waals surface area contributed by atoms with E-state index >= 15 is 0 Å². The minimum atomic E-state index is 0.356. The summed E-state index contributed by atoms with van der Waals surface area (Å²) in [6, 6.07) is 3.40. The third-order valence-electron chi connectivity index (χ3n) is 3.43. The van der Waals surface area contributed by atoms with E-state index in [0.29, 0.717) is 6.04 Å². The van der Waals surface area contributed by atoms with Crippen molar-refractivity contribution in [3.63, 3.8) is 0 Å². The van der Waals surface area contributed by atoms with Crippen molar-refractivity contribution in [2.24, 2.45) is 5.73 Å². The number of unbranched alkanes of at least 4 members (excludes halogenated alkanes) is 1. The van der Waals surface area contributed by atoms with Crippen molar-refractivity contribution in [2.45, 2.75) is 57.7 Å². The minimum absolute atomic E-state index is 0.356. The average Bonchev–Trinajstić information content (AvgIpc) is 3.05. The Bertz CT molecular complexity index is 306. The average molecular weight is 252 g/mol. The Balaban J connectivity index is 1.80. The number of thiophene rings is 1. The van der Waals surface area contributed by atoms with E-state index < -0.39 is 0 Å². The summed E-state index contributed by atoms with van der Waals surface area (Å²) in [4.78, 5) is 2.59. The van der Waals surface area contributed by atoms with Crippen LogP contribution < -0.4 is 5.73 Å². The summed E-state index contributed by atoms with van der Waals surface area (Å²) in [7, 11) is 0. The standard InChI is InChI=1S/C14H24N2S/c1-2-3-4-13(15)10-16(14-5-6-14)9-12-7-8-17-11-12/h7-8,11,13-14H,2-6,9-10,15H2,1H3. The van der Waals surface area contributed by atoms with Gasteiger partial charge in [-0.1, -0.05) is 19.8 Å². The first kappa shape index (κ1) is 13.1. The Morgan fingerprint density at radius 3 is 2.94 bits per heavy atom. The highest BCUT2D eigenvalue weighted by Crippen LogP contribution is 2.28. The predicted molar refractivity (Wildman–Crippen MR) is 75.3 cm³/mol. The van der Waals surface area contributed by atoms with E-state index in [0.717, 1.165) is 19.1 Å². The van der Waals surface area contributed by atoms with Crippen LogP contribution in [-0.2, 0) is 6.54 Å². The largest absolute Gasteiger partial charge is 0.327 e. The lowest BCUT2D eigenvalue weighted by Crippen LogP contribution is -2.38. The van der Waals surface area contributed by atoms with Crippen LogP contribution in [0.5, 0.6) is 0 Å². The van der Waals surface area contributed by atoms with E-state index in [4.69, 9.17) is 5.73 Å². The van der Waals surface area contributed by atoms with Crippen LogP contribution in [0.3, 0.4) is 0 Å². The number of nitrogens with zero attached hydrogens (tertiary/aromatic N) is 1. The van der Waals surface area contributed by atoms with Crippen LogP contribution in [-0.4, -0.2) is 23.5 Å². The Labute approximate surface area is 109 Å². The van der Waals surface area contributed by atoms with Crippen LogP contribution >= 0.6 is 11.3 Å². The predicted octanol–water partition coefficient (Wildman–Crippen LogP) is 3.23. The smallest absolute Gasteiger partial charge is 0.0245 e. The number of hydrogen-bond acceptors (Lipinski definition) is 3. The molecule has 1 aliphatic carbocycles. The Hall–Kier alpha value is -0.380. The van der Waals surface area contributed by atoms with Gasteiger partial charge in [0.15, 0.2) is 0 Å². The highest BCUT2D eigenvalue weighted by Gasteiger charge is 2.29. The van der Waals surface area contributed by atoms with Gasteiger partial charge in [0.25, 0.3) is 0 Å². The molecular weight excluding hydrogens is 228 g/mol. The van der Waals surface area contributed by atoms with Crippen molar-refractivity contribution in [2.75, 3.05) is 6.54 Å². The Morgan fingerprint density at radius 1 is 1.53 bits per heavy atom. The number of hydrogen-bond donors (Lipinski definition) is 1. The van der Waals surface area contributed by atoms with E-state index in [1.807, 2.05) is 0 Å². The van der Waals surface area contributed by atoms with Crippen molar-refractivity contribution in [1.29, 1.82) is 0 Å². The highest BCUT2D eigenvalue weighted by molar-refractivity contribution is 7.07. The highest BCUT2D eigenvalue weighted by atomic mass is 32.1. The molecule has 1 aromatic rings. The monoisotopic (exact) mass is 252 g/mol. The molecule has 1 atom stereocenters. The zero-order valence-electron chi connectivity index (χ0n) is 10.8. The molecular formula is C14H24N2S. The molecule has 2 nitrogen and oxygen atoms in total. The molecule has 0 aromatic carbocycles. The van der Waals surface area contributed by atoms with Crippen molar-refractivity contribution in [1.82, 2.24) is 4.90 Å². The summed E-state index contributed by atoms with van der Waals surface area (Å²) in [6.07, 6.45) is 6.42. The normalized spacial score (nSPS) is 17.6. The molecule has 0 spiro atoms. The van der Waals surface area contributed by atoms with E-state index in [1.54, 1.807) is 11.3 Å². The molecule has 1 fully saturated rings. The summed E-state index contributed by atoms with van der Waals surface area (Å²) in [5, 5.41) is 4.42. The SMILES string of the molecule is CCCCC(N)CN(Cc1ccsc1)C1CC1. The molecule has 1 heterocycles. The third kappa shape index (κ3) is 4.41. The van der Waals surface area contributed by atoms with Gasteiger partial charge < -0.3 is 5.73 Å². The summed E-state index contributed by atoms with van der Waals surface area (Å²) in [6.45, 7) is 4.39. The fraction of sp³-hybridized carbons (Fsp3) is 0.714. The summed E-state index contributed by atoms with van der Waals surface area (Å²) in [5.41, 5.74) is 7.66. The molecule has 1 unspecified atom stereocenters. The molecule has 2 N–H and O–H groups in total. The maximum absolute atomic E-state index is 6.22. The lowest BCUT2D eigenvalue weighted by molar-refractivity contribution is 0.233. The van der Waals surface area contributed by atoms with E-state index in [9.17, 15) is 0 Å². The van der Waals surface area contributed by atoms with Gasteiger partial charge in [-0.05, 0) is 41.7 Å². The Kier molecular flexibility index (Phi) is 5.01. The van der Waals surface area contributed by atoms with Crippen LogP contribution in [0.25, 0.3) is 0 Å². The van der Waals surface area contributed by atoms with Gasteiger partial charge in [0.05, 0.1) is 0 Å². The molecule has 0 amide bonds. The van der Waals surface area contributed by atoms with Gasteiger partial charge >= 0.3 is 0 Å². The lowest BCUT2D eigenvalue weighted by atomic mass is 10.1. The van der Waals surface area contributed by atoms with Gasteiger partial charge in [0.2, 0.25) is 0 Å². The second-order valence-electron chi connectivity index (χ2n) is 5.19. The fourth-order valence-electron chi connectivity index (χ4n) is 2.26. The van der Waals surface area contributed by atoms with Gasteiger partial charge in [-0.25, -0.2) is 0 Å². The first-order valence-electron chi connectivity index (χ1n) is 6.80. The maximum atomic E-state index is 6.22. The Morgan fingerprint density at radius 2 is 2.35 bits per heavy atom. The first-order chi connectivity index (χ1) is 8.29. The van der Waals surface area contributed by atoms with Gasteiger partial charge in [0.1, 0.15) is 0 Å². The first-order valence-corrected chi connectivity index (χ1v) is 7.74. The quantitative estimate of drug-likeness (QED) is 0.769.